The molecule has 5 nitrogen and oxygen atoms in total. The highest BCUT2D eigenvalue weighted by molar-refractivity contribution is 5.83. The van der Waals surface area contributed by atoms with Crippen LogP contribution in [0.25, 0.3) is 0 Å². The molecule has 0 spiro atoms. The second-order valence-corrected chi connectivity index (χ2v) is 6.47. The summed E-state index contributed by atoms with van der Waals surface area (Å²) in [6.45, 7) is 5.55. The summed E-state index contributed by atoms with van der Waals surface area (Å²) in [6.07, 6.45) is 2.25. The third-order valence-corrected chi connectivity index (χ3v) is 4.67. The number of piperazine rings is 1. The van der Waals surface area contributed by atoms with E-state index in [9.17, 15) is 4.79 Å². The maximum atomic E-state index is 12.8. The number of nitrogens with one attached hydrogen (secondary N) is 1. The van der Waals surface area contributed by atoms with Crippen molar-refractivity contribution in [2.75, 3.05) is 46.4 Å². The van der Waals surface area contributed by atoms with Crippen LogP contribution in [0.15, 0.2) is 30.3 Å². The number of hydrogen-bond donors (Lipinski definition) is 1. The van der Waals surface area contributed by atoms with Gasteiger partial charge in [0.2, 0.25) is 5.91 Å². The van der Waals surface area contributed by atoms with E-state index in [2.05, 4.69) is 27.2 Å². The number of methoxy groups -OCH3 is 1. The molecule has 1 atom stereocenters. The molecule has 1 heterocycles. The molecule has 1 aromatic rings. The normalized spacial score (nSPS) is 21.1. The molecule has 1 amide bonds. The van der Waals surface area contributed by atoms with Crippen LogP contribution in [-0.2, 0) is 9.53 Å². The van der Waals surface area contributed by atoms with Gasteiger partial charge >= 0.3 is 0 Å². The van der Waals surface area contributed by atoms with Gasteiger partial charge in [-0.1, -0.05) is 30.3 Å². The zero-order chi connectivity index (χ0) is 16.1. The van der Waals surface area contributed by atoms with E-state index in [1.54, 1.807) is 7.11 Å². The quantitative estimate of drug-likeness (QED) is 0.823. The maximum Gasteiger partial charge on any atom is 0.242 e. The largest absolute Gasteiger partial charge is 0.383 e. The minimum Gasteiger partial charge on any atom is -0.383 e. The van der Waals surface area contributed by atoms with Crippen molar-refractivity contribution >= 4 is 5.91 Å². The molecule has 1 unspecified atom stereocenters. The van der Waals surface area contributed by atoms with Gasteiger partial charge in [-0.15, -0.1) is 0 Å². The standard InChI is InChI=1S/C18H27N3O2/c1-23-14-13-20-9-11-21(12-10-20)17(15-5-3-2-4-6-15)18(22)19-16-7-8-16/h2-6,16-17H,7-14H2,1H3,(H,19,22). The van der Waals surface area contributed by atoms with E-state index in [0.717, 1.165) is 57.7 Å². The van der Waals surface area contributed by atoms with Crippen LogP contribution in [0.4, 0.5) is 0 Å². The summed E-state index contributed by atoms with van der Waals surface area (Å²) in [6, 6.07) is 10.4. The second kappa shape index (κ2) is 7.90. The SMILES string of the molecule is COCCN1CCN(C(C(=O)NC2CC2)c2ccccc2)CC1. The van der Waals surface area contributed by atoms with Gasteiger partial charge in [-0.3, -0.25) is 14.6 Å². The van der Waals surface area contributed by atoms with Crippen LogP contribution >= 0.6 is 0 Å². The number of ether oxygens (including phenoxy) is 1. The molecule has 5 heteroatoms. The summed E-state index contributed by atoms with van der Waals surface area (Å²) in [7, 11) is 1.74. The molecule has 2 fully saturated rings. The van der Waals surface area contributed by atoms with Crippen molar-refractivity contribution in [2.45, 2.75) is 24.9 Å². The lowest BCUT2D eigenvalue weighted by Crippen LogP contribution is -2.51. The fourth-order valence-electron chi connectivity index (χ4n) is 3.14. The second-order valence-electron chi connectivity index (χ2n) is 6.47. The van der Waals surface area contributed by atoms with Crippen LogP contribution in [0.3, 0.4) is 0 Å². The number of carbonyl (C=O) groups excluding carboxylic acids is 1. The lowest BCUT2D eigenvalue weighted by Gasteiger charge is -2.38. The van der Waals surface area contributed by atoms with Crippen molar-refractivity contribution in [2.24, 2.45) is 0 Å². The lowest BCUT2D eigenvalue weighted by atomic mass is 10.0. The van der Waals surface area contributed by atoms with E-state index in [0.29, 0.717) is 6.04 Å². The Morgan fingerprint density at radius 3 is 2.52 bits per heavy atom. The fraction of sp³-hybridized carbons (Fsp3) is 0.611. The van der Waals surface area contributed by atoms with Crippen LogP contribution in [0.5, 0.6) is 0 Å². The first-order valence-corrected chi connectivity index (χ1v) is 8.58. The van der Waals surface area contributed by atoms with E-state index in [1.165, 1.54) is 0 Å². The molecule has 2 aliphatic rings. The van der Waals surface area contributed by atoms with Crippen LogP contribution in [0.1, 0.15) is 24.4 Å². The van der Waals surface area contributed by atoms with Crippen molar-refractivity contribution in [1.82, 2.24) is 15.1 Å². The first-order valence-electron chi connectivity index (χ1n) is 8.58. The molecule has 1 N–H and O–H groups in total. The van der Waals surface area contributed by atoms with Gasteiger partial charge in [0.25, 0.3) is 0 Å². The molecule has 1 aromatic carbocycles. The van der Waals surface area contributed by atoms with Crippen LogP contribution in [0.2, 0.25) is 0 Å². The Labute approximate surface area is 138 Å². The Hall–Kier alpha value is -1.43. The highest BCUT2D eigenvalue weighted by Gasteiger charge is 2.33. The minimum atomic E-state index is -0.165. The topological polar surface area (TPSA) is 44.8 Å². The molecule has 0 radical (unpaired) electrons. The molecule has 23 heavy (non-hydrogen) atoms. The predicted octanol–water partition coefficient (Wildman–Crippen LogP) is 1.27. The summed E-state index contributed by atoms with van der Waals surface area (Å²) in [4.78, 5) is 17.5. The average Bonchev–Trinajstić information content (AvgIpc) is 3.39. The summed E-state index contributed by atoms with van der Waals surface area (Å²) in [5, 5.41) is 3.18. The number of hydrogen-bond acceptors (Lipinski definition) is 4. The van der Waals surface area contributed by atoms with Gasteiger partial charge < -0.3 is 10.1 Å². The van der Waals surface area contributed by atoms with Gasteiger partial charge in [0.1, 0.15) is 6.04 Å². The van der Waals surface area contributed by atoms with Crippen molar-refractivity contribution in [3.8, 4) is 0 Å². The van der Waals surface area contributed by atoms with Gasteiger partial charge in [-0.25, -0.2) is 0 Å². The molecule has 1 saturated heterocycles. The maximum absolute atomic E-state index is 12.8. The van der Waals surface area contributed by atoms with Crippen molar-refractivity contribution in [3.05, 3.63) is 35.9 Å². The minimum absolute atomic E-state index is 0.157. The number of benzene rings is 1. The average molecular weight is 317 g/mol. The number of amides is 1. The van der Waals surface area contributed by atoms with Gasteiger partial charge in [-0.05, 0) is 18.4 Å². The Balaban J connectivity index is 1.65. The summed E-state index contributed by atoms with van der Waals surface area (Å²) >= 11 is 0. The Morgan fingerprint density at radius 2 is 1.91 bits per heavy atom. The van der Waals surface area contributed by atoms with Crippen LogP contribution < -0.4 is 5.32 Å². The van der Waals surface area contributed by atoms with E-state index in [1.807, 2.05) is 18.2 Å². The first-order chi connectivity index (χ1) is 11.3. The monoisotopic (exact) mass is 317 g/mol. The number of nitrogens with zero attached hydrogens (tertiary/aromatic N) is 2. The van der Waals surface area contributed by atoms with Gasteiger partial charge in [0, 0.05) is 45.9 Å². The highest BCUT2D eigenvalue weighted by Crippen LogP contribution is 2.25. The van der Waals surface area contributed by atoms with Crippen LogP contribution in [-0.4, -0.2) is 68.2 Å². The third-order valence-electron chi connectivity index (χ3n) is 4.67. The van der Waals surface area contributed by atoms with E-state index >= 15 is 0 Å². The zero-order valence-corrected chi connectivity index (χ0v) is 13.9. The molecule has 126 valence electrons. The molecule has 3 rings (SSSR count). The van der Waals surface area contributed by atoms with Gasteiger partial charge in [0.15, 0.2) is 0 Å². The lowest BCUT2D eigenvalue weighted by molar-refractivity contribution is -0.127. The highest BCUT2D eigenvalue weighted by atomic mass is 16.5. The number of rotatable bonds is 7. The van der Waals surface area contributed by atoms with Gasteiger partial charge in [-0.2, -0.15) is 0 Å². The molecule has 1 aliphatic carbocycles. The van der Waals surface area contributed by atoms with Gasteiger partial charge in [0.05, 0.1) is 6.61 Å². The van der Waals surface area contributed by atoms with E-state index in [-0.39, 0.29) is 11.9 Å². The first kappa shape index (κ1) is 16.4. The summed E-state index contributed by atoms with van der Waals surface area (Å²) in [5.41, 5.74) is 1.09. The summed E-state index contributed by atoms with van der Waals surface area (Å²) in [5.74, 6) is 0.157. The molecule has 0 aromatic heterocycles. The predicted molar refractivity (Wildman–Crippen MR) is 90.2 cm³/mol. The zero-order valence-electron chi connectivity index (χ0n) is 13.9. The van der Waals surface area contributed by atoms with Crippen molar-refractivity contribution < 1.29 is 9.53 Å². The molecular weight excluding hydrogens is 290 g/mol. The van der Waals surface area contributed by atoms with E-state index in [4.69, 9.17) is 4.74 Å². The fourth-order valence-corrected chi connectivity index (χ4v) is 3.14. The smallest absolute Gasteiger partial charge is 0.242 e. The molecule has 1 aliphatic heterocycles. The van der Waals surface area contributed by atoms with E-state index < -0.39 is 0 Å². The summed E-state index contributed by atoms with van der Waals surface area (Å²) < 4.78 is 5.16. The number of carbonyl (C=O) groups is 1. The molecular formula is C18H27N3O2. The Morgan fingerprint density at radius 1 is 1.22 bits per heavy atom. The molecule has 1 saturated carbocycles. The molecule has 0 bridgehead atoms. The van der Waals surface area contributed by atoms with Crippen molar-refractivity contribution in [3.63, 3.8) is 0 Å². The van der Waals surface area contributed by atoms with Crippen LogP contribution in [0, 0.1) is 0 Å². The third kappa shape index (κ3) is 4.53. The van der Waals surface area contributed by atoms with Crippen molar-refractivity contribution in [1.29, 1.82) is 0 Å². The Kier molecular flexibility index (Phi) is 5.65. The Bertz CT molecular complexity index is 496.